The van der Waals surface area contributed by atoms with E-state index in [2.05, 4.69) is 9.88 Å². The van der Waals surface area contributed by atoms with Crippen LogP contribution in [0.15, 0.2) is 45.1 Å². The highest BCUT2D eigenvalue weighted by molar-refractivity contribution is 7.91. The maximum atomic E-state index is 12.6. The summed E-state index contributed by atoms with van der Waals surface area (Å²) in [6, 6.07) is 5.87. The molecule has 0 aliphatic carbocycles. The van der Waals surface area contributed by atoms with Crippen molar-refractivity contribution in [1.29, 1.82) is 0 Å². The van der Waals surface area contributed by atoms with Gasteiger partial charge in [-0.05, 0) is 24.3 Å². The van der Waals surface area contributed by atoms with Crippen molar-refractivity contribution in [2.75, 3.05) is 45.0 Å². The van der Waals surface area contributed by atoms with Crippen molar-refractivity contribution in [2.24, 2.45) is 14.1 Å². The molecule has 12 nitrogen and oxygen atoms in total. The highest BCUT2D eigenvalue weighted by atomic mass is 35.5. The van der Waals surface area contributed by atoms with Crippen molar-refractivity contribution >= 4 is 32.6 Å². The summed E-state index contributed by atoms with van der Waals surface area (Å²) < 4.78 is 29.0. The number of halogens is 1. The van der Waals surface area contributed by atoms with Gasteiger partial charge in [-0.25, -0.2) is 18.2 Å². The molecule has 0 amide bonds. The SMILES string of the molecule is Cn1c(=O)c2c(ncn2CC(O)CN2CCN(CC(O)CS(=O)(=O)c3ccc(Cl)cc3)CC2)n(C)c1=O. The summed E-state index contributed by atoms with van der Waals surface area (Å²) in [4.78, 5) is 33.1. The Morgan fingerprint density at radius 1 is 0.919 bits per heavy atom. The number of hydrogen-bond acceptors (Lipinski definition) is 9. The summed E-state index contributed by atoms with van der Waals surface area (Å²) in [7, 11) is -0.687. The number of imidazole rings is 1. The fourth-order valence-electron chi connectivity index (χ4n) is 4.61. The average Bonchev–Trinajstić information content (AvgIpc) is 3.26. The van der Waals surface area contributed by atoms with Gasteiger partial charge in [0.25, 0.3) is 5.56 Å². The summed E-state index contributed by atoms with van der Waals surface area (Å²) in [5.41, 5.74) is -0.400. The normalized spacial score (nSPS) is 17.3. The predicted molar refractivity (Wildman–Crippen MR) is 139 cm³/mol. The van der Waals surface area contributed by atoms with Gasteiger partial charge in [0.2, 0.25) is 0 Å². The third-order valence-electron chi connectivity index (χ3n) is 6.61. The van der Waals surface area contributed by atoms with Crippen molar-refractivity contribution in [1.82, 2.24) is 28.5 Å². The maximum absolute atomic E-state index is 12.6. The average molecular weight is 555 g/mol. The van der Waals surface area contributed by atoms with Crippen molar-refractivity contribution in [2.45, 2.75) is 23.6 Å². The zero-order valence-electron chi connectivity index (χ0n) is 20.7. The van der Waals surface area contributed by atoms with Gasteiger partial charge in [-0.3, -0.25) is 23.7 Å². The zero-order chi connectivity index (χ0) is 26.9. The molecule has 1 fully saturated rings. The number of fused-ring (bicyclic) bond motifs is 1. The molecule has 4 rings (SSSR count). The van der Waals surface area contributed by atoms with Crippen LogP contribution in [0.4, 0.5) is 0 Å². The Kier molecular flexibility index (Phi) is 8.21. The second-order valence-electron chi connectivity index (χ2n) is 9.42. The van der Waals surface area contributed by atoms with Gasteiger partial charge in [0.1, 0.15) is 0 Å². The van der Waals surface area contributed by atoms with E-state index in [9.17, 15) is 28.2 Å². The smallest absolute Gasteiger partial charge is 0.332 e. The van der Waals surface area contributed by atoms with E-state index in [0.29, 0.717) is 37.7 Å². The fourth-order valence-corrected chi connectivity index (χ4v) is 6.10. The van der Waals surface area contributed by atoms with Gasteiger partial charge in [-0.15, -0.1) is 0 Å². The molecule has 2 atom stereocenters. The number of rotatable bonds is 9. The van der Waals surface area contributed by atoms with Crippen molar-refractivity contribution in [3.05, 3.63) is 56.5 Å². The van der Waals surface area contributed by atoms with E-state index in [-0.39, 0.29) is 34.9 Å². The number of aromatic nitrogens is 4. The van der Waals surface area contributed by atoms with E-state index in [0.717, 1.165) is 4.57 Å². The first-order valence-electron chi connectivity index (χ1n) is 11.9. The highest BCUT2D eigenvalue weighted by Crippen LogP contribution is 2.17. The molecule has 1 saturated heterocycles. The van der Waals surface area contributed by atoms with Crippen LogP contribution in [0.1, 0.15) is 0 Å². The summed E-state index contributed by atoms with van der Waals surface area (Å²) >= 11 is 5.82. The number of piperazine rings is 1. The maximum Gasteiger partial charge on any atom is 0.332 e. The van der Waals surface area contributed by atoms with Crippen molar-refractivity contribution in [3.63, 3.8) is 0 Å². The van der Waals surface area contributed by atoms with Gasteiger partial charge in [-0.1, -0.05) is 11.6 Å². The van der Waals surface area contributed by atoms with E-state index in [4.69, 9.17) is 11.6 Å². The van der Waals surface area contributed by atoms with Gasteiger partial charge in [0.15, 0.2) is 21.0 Å². The second kappa shape index (κ2) is 11.1. The standard InChI is InChI=1S/C23H31ClN6O6S/c1-26-21-20(22(33)27(2)23(26)34)30(15-25-21)13-17(31)11-28-7-9-29(10-8-28)12-18(32)14-37(35,36)19-5-3-16(24)4-6-19/h3-6,15,17-18,31-32H,7-14H2,1-2H3. The van der Waals surface area contributed by atoms with Crippen LogP contribution in [0.3, 0.4) is 0 Å². The lowest BCUT2D eigenvalue weighted by Gasteiger charge is -2.36. The lowest BCUT2D eigenvalue weighted by molar-refractivity contribution is 0.0486. The highest BCUT2D eigenvalue weighted by Gasteiger charge is 2.25. The van der Waals surface area contributed by atoms with Crippen LogP contribution in [0.5, 0.6) is 0 Å². The van der Waals surface area contributed by atoms with E-state index in [1.54, 1.807) is 11.6 Å². The molecule has 3 aromatic rings. The van der Waals surface area contributed by atoms with E-state index in [1.165, 1.54) is 42.2 Å². The van der Waals surface area contributed by atoms with Crippen LogP contribution in [0, 0.1) is 0 Å². The Balaban J connectivity index is 1.28. The number of β-amino-alcohol motifs (C(OH)–C–C–N with tert-alkyl or cyclic N) is 2. The molecule has 2 unspecified atom stereocenters. The number of sulfone groups is 1. The van der Waals surface area contributed by atoms with E-state index >= 15 is 0 Å². The molecule has 202 valence electrons. The first-order valence-corrected chi connectivity index (χ1v) is 13.9. The Morgan fingerprint density at radius 3 is 2.08 bits per heavy atom. The van der Waals surface area contributed by atoms with Crippen LogP contribution in [0.25, 0.3) is 11.2 Å². The van der Waals surface area contributed by atoms with Crippen LogP contribution in [-0.2, 0) is 30.5 Å². The number of nitrogens with zero attached hydrogens (tertiary/aromatic N) is 6. The molecule has 0 spiro atoms. The molecule has 0 radical (unpaired) electrons. The summed E-state index contributed by atoms with van der Waals surface area (Å²) in [6.07, 6.45) is -0.363. The Hall–Kier alpha value is -2.55. The Labute approximate surface area is 218 Å². The topological polar surface area (TPSA) is 143 Å². The van der Waals surface area contributed by atoms with Crippen LogP contribution in [0.2, 0.25) is 5.02 Å². The summed E-state index contributed by atoms with van der Waals surface area (Å²) in [5.74, 6) is -0.377. The molecule has 14 heteroatoms. The predicted octanol–water partition coefficient (Wildman–Crippen LogP) is -1.10. The molecule has 1 aliphatic rings. The Morgan fingerprint density at radius 2 is 1.49 bits per heavy atom. The largest absolute Gasteiger partial charge is 0.391 e. The molecular weight excluding hydrogens is 524 g/mol. The molecule has 1 aliphatic heterocycles. The van der Waals surface area contributed by atoms with Gasteiger partial charge in [0.05, 0.1) is 35.7 Å². The van der Waals surface area contributed by atoms with Crippen molar-refractivity contribution in [3.8, 4) is 0 Å². The summed E-state index contributed by atoms with van der Waals surface area (Å²) in [5, 5.41) is 21.5. The number of aryl methyl sites for hydroxylation is 1. The zero-order valence-corrected chi connectivity index (χ0v) is 22.3. The Bertz CT molecular complexity index is 1470. The molecule has 3 heterocycles. The van der Waals surface area contributed by atoms with Gasteiger partial charge < -0.3 is 14.8 Å². The molecule has 1 aromatic carbocycles. The van der Waals surface area contributed by atoms with Gasteiger partial charge in [0, 0.05) is 58.4 Å². The third-order valence-corrected chi connectivity index (χ3v) is 8.68. The lowest BCUT2D eigenvalue weighted by Crippen LogP contribution is -2.51. The number of hydrogen-bond donors (Lipinski definition) is 2. The quantitative estimate of drug-likeness (QED) is 0.337. The van der Waals surface area contributed by atoms with E-state index in [1.807, 2.05) is 4.90 Å². The number of benzene rings is 1. The van der Waals surface area contributed by atoms with E-state index < -0.39 is 33.3 Å². The van der Waals surface area contributed by atoms with Crippen molar-refractivity contribution < 1.29 is 18.6 Å². The third kappa shape index (κ3) is 6.13. The van der Waals surface area contributed by atoms with Crippen LogP contribution < -0.4 is 11.2 Å². The molecule has 2 aromatic heterocycles. The van der Waals surface area contributed by atoms with Crippen LogP contribution in [-0.4, -0.2) is 104 Å². The monoisotopic (exact) mass is 554 g/mol. The minimum absolute atomic E-state index is 0.125. The minimum Gasteiger partial charge on any atom is -0.391 e. The molecule has 37 heavy (non-hydrogen) atoms. The number of aliphatic hydroxyl groups excluding tert-OH is 2. The summed E-state index contributed by atoms with van der Waals surface area (Å²) in [6.45, 7) is 3.23. The minimum atomic E-state index is -3.63. The first-order chi connectivity index (χ1) is 17.5. The fraction of sp³-hybridized carbons (Fsp3) is 0.522. The van der Waals surface area contributed by atoms with Gasteiger partial charge in [-0.2, -0.15) is 0 Å². The molecule has 0 bridgehead atoms. The first kappa shape index (κ1) is 27.5. The van der Waals surface area contributed by atoms with Crippen LogP contribution >= 0.6 is 11.6 Å². The molecular formula is C23H31ClN6O6S. The van der Waals surface area contributed by atoms with Gasteiger partial charge >= 0.3 is 5.69 Å². The number of aliphatic hydroxyl groups is 2. The molecule has 2 N–H and O–H groups in total. The lowest BCUT2D eigenvalue weighted by atomic mass is 10.2. The second-order valence-corrected chi connectivity index (χ2v) is 11.9. The molecule has 0 saturated carbocycles.